The van der Waals surface area contributed by atoms with Gasteiger partial charge in [0.2, 0.25) is 5.91 Å². The lowest BCUT2D eigenvalue weighted by Crippen LogP contribution is -2.27. The number of carbonyl (C=O) groups excluding carboxylic acids is 1. The van der Waals surface area contributed by atoms with E-state index in [0.717, 1.165) is 11.1 Å². The third-order valence-corrected chi connectivity index (χ3v) is 6.33. The van der Waals surface area contributed by atoms with Gasteiger partial charge in [-0.25, -0.2) is 4.98 Å². The fourth-order valence-electron chi connectivity index (χ4n) is 3.39. The molecule has 1 heterocycles. The SMILES string of the molecule is Cc1ccc(Cn2c(S[C@H](C)C(=O)Nc3ccccc3C#N)nc3ccccc3c2=O)cc1. The first-order chi connectivity index (χ1) is 16.0. The van der Waals surface area contributed by atoms with E-state index in [1.165, 1.54) is 11.8 Å². The van der Waals surface area contributed by atoms with Gasteiger partial charge in [-0.3, -0.25) is 14.2 Å². The Balaban J connectivity index is 1.67. The molecule has 164 valence electrons. The zero-order valence-corrected chi connectivity index (χ0v) is 19.1. The summed E-state index contributed by atoms with van der Waals surface area (Å²) in [7, 11) is 0. The number of aromatic nitrogens is 2. The van der Waals surface area contributed by atoms with E-state index < -0.39 is 5.25 Å². The van der Waals surface area contributed by atoms with Gasteiger partial charge in [-0.05, 0) is 43.7 Å². The van der Waals surface area contributed by atoms with E-state index in [4.69, 9.17) is 4.98 Å². The van der Waals surface area contributed by atoms with Gasteiger partial charge >= 0.3 is 0 Å². The van der Waals surface area contributed by atoms with Gasteiger partial charge in [0.1, 0.15) is 6.07 Å². The van der Waals surface area contributed by atoms with Crippen LogP contribution >= 0.6 is 11.8 Å². The minimum absolute atomic E-state index is 0.147. The monoisotopic (exact) mass is 454 g/mol. The van der Waals surface area contributed by atoms with Crippen molar-refractivity contribution in [2.45, 2.75) is 30.8 Å². The van der Waals surface area contributed by atoms with Crippen LogP contribution < -0.4 is 10.9 Å². The summed E-state index contributed by atoms with van der Waals surface area (Å²) in [5.41, 5.74) is 3.41. The third-order valence-electron chi connectivity index (χ3n) is 5.24. The van der Waals surface area contributed by atoms with Gasteiger partial charge < -0.3 is 5.32 Å². The molecule has 0 radical (unpaired) electrons. The van der Waals surface area contributed by atoms with E-state index in [2.05, 4.69) is 11.4 Å². The van der Waals surface area contributed by atoms with Crippen LogP contribution in [0.1, 0.15) is 23.6 Å². The van der Waals surface area contributed by atoms with Crippen molar-refractivity contribution in [2.24, 2.45) is 0 Å². The second-order valence-corrected chi connectivity index (χ2v) is 9.00. The standard InChI is InChI=1S/C26H22N4O2S/c1-17-11-13-19(14-12-17)16-30-25(32)21-8-4-6-10-23(21)29-26(30)33-18(2)24(31)28-22-9-5-3-7-20(22)15-27/h3-14,18H,16H2,1-2H3,(H,28,31)/t18-/m1/s1. The van der Waals surface area contributed by atoms with Crippen molar-refractivity contribution in [3.8, 4) is 6.07 Å². The van der Waals surface area contributed by atoms with Crippen LogP contribution in [-0.2, 0) is 11.3 Å². The van der Waals surface area contributed by atoms with Crippen LogP contribution in [0.2, 0.25) is 0 Å². The Morgan fingerprint density at radius 1 is 1.09 bits per heavy atom. The molecule has 7 heteroatoms. The van der Waals surface area contributed by atoms with Gasteiger partial charge in [-0.15, -0.1) is 0 Å². The first kappa shape index (κ1) is 22.3. The van der Waals surface area contributed by atoms with E-state index in [1.807, 2.05) is 43.3 Å². The summed E-state index contributed by atoms with van der Waals surface area (Å²) in [6.07, 6.45) is 0. The molecule has 3 aromatic carbocycles. The van der Waals surface area contributed by atoms with Crippen molar-refractivity contribution in [2.75, 3.05) is 5.32 Å². The van der Waals surface area contributed by atoms with E-state index in [9.17, 15) is 14.9 Å². The molecule has 0 saturated heterocycles. The van der Waals surface area contributed by atoms with Gasteiger partial charge in [0.05, 0.1) is 33.9 Å². The largest absolute Gasteiger partial charge is 0.324 e. The number of thioether (sulfide) groups is 1. The Kier molecular flexibility index (Phi) is 6.57. The van der Waals surface area contributed by atoms with Crippen LogP contribution in [0.3, 0.4) is 0 Å². The van der Waals surface area contributed by atoms with Gasteiger partial charge in [0.25, 0.3) is 5.56 Å². The maximum absolute atomic E-state index is 13.3. The minimum atomic E-state index is -0.547. The second kappa shape index (κ2) is 9.72. The molecule has 0 aliphatic rings. The minimum Gasteiger partial charge on any atom is -0.324 e. The maximum atomic E-state index is 13.3. The quantitative estimate of drug-likeness (QED) is 0.336. The van der Waals surface area contributed by atoms with Crippen molar-refractivity contribution < 1.29 is 4.79 Å². The summed E-state index contributed by atoms with van der Waals surface area (Å²) in [5, 5.41) is 12.5. The number of nitriles is 1. The molecule has 0 bridgehead atoms. The average Bonchev–Trinajstić information content (AvgIpc) is 2.83. The number of nitrogens with zero attached hydrogens (tertiary/aromatic N) is 3. The van der Waals surface area contributed by atoms with Gasteiger partial charge in [0.15, 0.2) is 5.16 Å². The molecule has 4 aromatic rings. The highest BCUT2D eigenvalue weighted by atomic mass is 32.2. The van der Waals surface area contributed by atoms with Crippen LogP contribution in [0, 0.1) is 18.3 Å². The number of anilines is 1. The number of hydrogen-bond donors (Lipinski definition) is 1. The van der Waals surface area contributed by atoms with E-state index in [-0.39, 0.29) is 11.5 Å². The molecule has 0 spiro atoms. The first-order valence-electron chi connectivity index (χ1n) is 10.5. The van der Waals surface area contributed by atoms with E-state index in [0.29, 0.717) is 33.9 Å². The normalized spacial score (nSPS) is 11.7. The van der Waals surface area contributed by atoms with Crippen LogP contribution in [-0.4, -0.2) is 20.7 Å². The summed E-state index contributed by atoms with van der Waals surface area (Å²) in [6.45, 7) is 4.12. The van der Waals surface area contributed by atoms with Crippen molar-refractivity contribution in [3.05, 3.63) is 99.8 Å². The van der Waals surface area contributed by atoms with E-state index in [1.54, 1.807) is 47.9 Å². The zero-order chi connectivity index (χ0) is 23.4. The molecule has 0 saturated carbocycles. The van der Waals surface area contributed by atoms with Gasteiger partial charge in [-0.1, -0.05) is 65.9 Å². The fourth-order valence-corrected chi connectivity index (χ4v) is 4.30. The second-order valence-electron chi connectivity index (χ2n) is 7.70. The van der Waals surface area contributed by atoms with Crippen molar-refractivity contribution >= 4 is 34.3 Å². The van der Waals surface area contributed by atoms with Crippen molar-refractivity contribution in [3.63, 3.8) is 0 Å². The molecular weight excluding hydrogens is 432 g/mol. The third kappa shape index (κ3) is 4.97. The highest BCUT2D eigenvalue weighted by Crippen LogP contribution is 2.25. The lowest BCUT2D eigenvalue weighted by molar-refractivity contribution is -0.115. The van der Waals surface area contributed by atoms with E-state index >= 15 is 0 Å². The van der Waals surface area contributed by atoms with Crippen LogP contribution in [0.25, 0.3) is 10.9 Å². The highest BCUT2D eigenvalue weighted by Gasteiger charge is 2.20. The number of para-hydroxylation sites is 2. The number of amides is 1. The van der Waals surface area contributed by atoms with Crippen molar-refractivity contribution in [1.82, 2.24) is 9.55 Å². The summed E-state index contributed by atoms with van der Waals surface area (Å²) < 4.78 is 1.62. The van der Waals surface area contributed by atoms with Gasteiger partial charge in [0, 0.05) is 0 Å². The Morgan fingerprint density at radius 2 is 1.79 bits per heavy atom. The van der Waals surface area contributed by atoms with Crippen LogP contribution in [0.4, 0.5) is 5.69 Å². The number of benzene rings is 3. The zero-order valence-electron chi connectivity index (χ0n) is 18.3. The number of nitrogens with one attached hydrogen (secondary N) is 1. The number of carbonyl (C=O) groups is 1. The Hall–Kier alpha value is -3.89. The predicted octanol–water partition coefficient (Wildman–Crippen LogP) is 4.74. The molecular formula is C26H22N4O2S. The topological polar surface area (TPSA) is 87.8 Å². The molecule has 1 atom stereocenters. The molecule has 0 fully saturated rings. The number of rotatable bonds is 6. The van der Waals surface area contributed by atoms with Crippen LogP contribution in [0.15, 0.2) is 82.7 Å². The molecule has 0 aliphatic heterocycles. The number of fused-ring (bicyclic) bond motifs is 1. The smallest absolute Gasteiger partial charge is 0.262 e. The summed E-state index contributed by atoms with van der Waals surface area (Å²) >= 11 is 1.22. The first-order valence-corrected chi connectivity index (χ1v) is 11.4. The molecule has 1 N–H and O–H groups in total. The molecule has 0 unspecified atom stereocenters. The summed E-state index contributed by atoms with van der Waals surface area (Å²) in [5.74, 6) is -0.271. The summed E-state index contributed by atoms with van der Waals surface area (Å²) in [4.78, 5) is 30.9. The average molecular weight is 455 g/mol. The highest BCUT2D eigenvalue weighted by molar-refractivity contribution is 8.00. The molecule has 6 nitrogen and oxygen atoms in total. The molecule has 33 heavy (non-hydrogen) atoms. The Bertz CT molecular complexity index is 1420. The molecule has 0 aliphatic carbocycles. The maximum Gasteiger partial charge on any atom is 0.262 e. The molecule has 1 aromatic heterocycles. The number of aryl methyl sites for hydroxylation is 1. The number of hydrogen-bond acceptors (Lipinski definition) is 5. The van der Waals surface area contributed by atoms with Crippen molar-refractivity contribution in [1.29, 1.82) is 5.26 Å². The Morgan fingerprint density at radius 3 is 2.55 bits per heavy atom. The predicted molar refractivity (Wildman–Crippen MR) is 131 cm³/mol. The fraction of sp³-hybridized carbons (Fsp3) is 0.154. The lowest BCUT2D eigenvalue weighted by atomic mass is 10.1. The van der Waals surface area contributed by atoms with Gasteiger partial charge in [-0.2, -0.15) is 5.26 Å². The lowest BCUT2D eigenvalue weighted by Gasteiger charge is -2.17. The Labute approximate surface area is 195 Å². The molecule has 4 rings (SSSR count). The summed E-state index contributed by atoms with van der Waals surface area (Å²) in [6, 6.07) is 24.1. The molecule has 1 amide bonds. The van der Waals surface area contributed by atoms with Crippen LogP contribution in [0.5, 0.6) is 0 Å².